The van der Waals surface area contributed by atoms with Gasteiger partial charge < -0.3 is 14.4 Å². The Balaban J connectivity index is 1.72. The van der Waals surface area contributed by atoms with Crippen LogP contribution in [0, 0.1) is 0 Å². The molecule has 2 aromatic carbocycles. The highest BCUT2D eigenvalue weighted by Crippen LogP contribution is 2.22. The number of nitrogens with zero attached hydrogens (tertiary/aromatic N) is 1. The fraction of sp³-hybridized carbons (Fsp3) is 0.350. The molecule has 3 rings (SSSR count). The molecule has 1 aliphatic rings. The third-order valence-corrected chi connectivity index (χ3v) is 6.88. The van der Waals surface area contributed by atoms with E-state index in [1.165, 1.54) is 0 Å². The van der Waals surface area contributed by atoms with E-state index in [1.807, 2.05) is 24.3 Å². The molecule has 0 aliphatic carbocycles. The highest BCUT2D eigenvalue weighted by Gasteiger charge is 2.34. The van der Waals surface area contributed by atoms with Crippen LogP contribution in [0.5, 0.6) is 11.5 Å². The summed E-state index contributed by atoms with van der Waals surface area (Å²) in [5.41, 5.74) is 0.927. The molecule has 1 heterocycles. The van der Waals surface area contributed by atoms with E-state index in [0.29, 0.717) is 24.5 Å². The maximum absolute atomic E-state index is 12.9. The summed E-state index contributed by atoms with van der Waals surface area (Å²) in [7, 11) is -1.53. The monoisotopic (exact) mass is 467 g/mol. The maximum atomic E-state index is 12.9. The second-order valence-corrected chi connectivity index (χ2v) is 9.82. The van der Waals surface area contributed by atoms with Crippen LogP contribution in [0.3, 0.4) is 0 Å². The molecule has 0 saturated carbocycles. The lowest BCUT2D eigenvalue weighted by Crippen LogP contribution is -2.43. The van der Waals surface area contributed by atoms with Crippen LogP contribution in [0.2, 0.25) is 0 Å². The van der Waals surface area contributed by atoms with Gasteiger partial charge in [-0.2, -0.15) is 0 Å². The van der Waals surface area contributed by atoms with Gasteiger partial charge in [-0.25, -0.2) is 8.42 Å². The topological polar surface area (TPSA) is 72.9 Å². The molecular weight excluding hydrogens is 446 g/mol. The molecule has 0 spiro atoms. The fourth-order valence-electron chi connectivity index (χ4n) is 3.17. The predicted octanol–water partition coefficient (Wildman–Crippen LogP) is 3.05. The molecule has 150 valence electrons. The molecule has 1 fully saturated rings. The van der Waals surface area contributed by atoms with Crippen molar-refractivity contribution in [3.8, 4) is 11.5 Å². The van der Waals surface area contributed by atoms with Crippen LogP contribution in [0.25, 0.3) is 0 Å². The van der Waals surface area contributed by atoms with Crippen LogP contribution in [-0.2, 0) is 21.2 Å². The van der Waals surface area contributed by atoms with Crippen molar-refractivity contribution in [1.29, 1.82) is 0 Å². The van der Waals surface area contributed by atoms with E-state index in [1.54, 1.807) is 36.3 Å². The second kappa shape index (κ2) is 8.96. The minimum atomic E-state index is -3.11. The number of carbonyl (C=O) groups excluding carboxylic acids is 1. The van der Waals surface area contributed by atoms with Crippen LogP contribution in [0.4, 0.5) is 0 Å². The van der Waals surface area contributed by atoms with E-state index in [2.05, 4.69) is 15.9 Å². The first kappa shape index (κ1) is 20.7. The number of ether oxygens (including phenoxy) is 2. The normalized spacial score (nSPS) is 17.9. The zero-order chi connectivity index (χ0) is 20.1. The average molecular weight is 468 g/mol. The largest absolute Gasteiger partial charge is 0.497 e. The molecule has 8 heteroatoms. The van der Waals surface area contributed by atoms with Crippen LogP contribution in [0.1, 0.15) is 12.0 Å². The molecule has 0 bridgehead atoms. The summed E-state index contributed by atoms with van der Waals surface area (Å²) in [4.78, 5) is 14.5. The van der Waals surface area contributed by atoms with Crippen molar-refractivity contribution in [2.75, 3.05) is 25.2 Å². The summed E-state index contributed by atoms with van der Waals surface area (Å²) in [5.74, 6) is 1.12. The zero-order valence-electron chi connectivity index (χ0n) is 15.5. The Morgan fingerprint density at radius 2 is 1.89 bits per heavy atom. The number of hydrogen-bond donors (Lipinski definition) is 0. The lowest BCUT2D eigenvalue weighted by molar-refractivity contribution is -0.136. The minimum absolute atomic E-state index is 0.00468. The van der Waals surface area contributed by atoms with Gasteiger partial charge in [0.2, 0.25) is 0 Å². The van der Waals surface area contributed by atoms with Crippen LogP contribution >= 0.6 is 15.9 Å². The van der Waals surface area contributed by atoms with E-state index in [9.17, 15) is 13.2 Å². The summed E-state index contributed by atoms with van der Waals surface area (Å²) >= 11 is 3.43. The number of halogens is 1. The third kappa shape index (κ3) is 5.48. The summed E-state index contributed by atoms with van der Waals surface area (Å²) < 4.78 is 35.5. The van der Waals surface area contributed by atoms with Crippen molar-refractivity contribution < 1.29 is 22.7 Å². The molecule has 1 amide bonds. The quantitative estimate of drug-likeness (QED) is 0.625. The number of rotatable bonds is 7. The van der Waals surface area contributed by atoms with Gasteiger partial charge in [-0.1, -0.05) is 28.1 Å². The van der Waals surface area contributed by atoms with Gasteiger partial charge in [0.15, 0.2) is 16.4 Å². The molecule has 0 N–H and O–H groups in total. The van der Waals surface area contributed by atoms with Crippen LogP contribution < -0.4 is 9.47 Å². The standard InChI is InChI=1S/C20H22BrNO5S/c1-26-18-5-7-19(8-6-18)27-13-20(23)22(17-9-10-28(24,25)14-17)12-15-3-2-4-16(21)11-15/h2-8,11,17H,9-10,12-14H2,1H3/t17-/m0/s1. The van der Waals surface area contributed by atoms with E-state index in [-0.39, 0.29) is 30.1 Å². The molecule has 1 aliphatic heterocycles. The van der Waals surface area contributed by atoms with Gasteiger partial charge in [0.25, 0.3) is 5.91 Å². The van der Waals surface area contributed by atoms with E-state index in [4.69, 9.17) is 9.47 Å². The Hall–Kier alpha value is -2.06. The zero-order valence-corrected chi connectivity index (χ0v) is 17.9. The molecule has 0 aromatic heterocycles. The van der Waals surface area contributed by atoms with Gasteiger partial charge in [0.1, 0.15) is 11.5 Å². The fourth-order valence-corrected chi connectivity index (χ4v) is 5.35. The van der Waals surface area contributed by atoms with E-state index in [0.717, 1.165) is 10.0 Å². The molecule has 0 radical (unpaired) electrons. The Kier molecular flexibility index (Phi) is 6.61. The van der Waals surface area contributed by atoms with Gasteiger partial charge >= 0.3 is 0 Å². The van der Waals surface area contributed by atoms with Gasteiger partial charge in [-0.15, -0.1) is 0 Å². The SMILES string of the molecule is COc1ccc(OCC(=O)N(Cc2cccc(Br)c2)[C@H]2CCS(=O)(=O)C2)cc1. The Morgan fingerprint density at radius 3 is 2.50 bits per heavy atom. The lowest BCUT2D eigenvalue weighted by atomic mass is 10.1. The Morgan fingerprint density at radius 1 is 1.18 bits per heavy atom. The van der Waals surface area contributed by atoms with Crippen molar-refractivity contribution in [1.82, 2.24) is 4.90 Å². The molecule has 2 aromatic rings. The van der Waals surface area contributed by atoms with E-state index >= 15 is 0 Å². The number of hydrogen-bond acceptors (Lipinski definition) is 5. The lowest BCUT2D eigenvalue weighted by Gasteiger charge is -2.28. The summed E-state index contributed by atoms with van der Waals surface area (Å²) in [5, 5.41) is 0. The van der Waals surface area contributed by atoms with Crippen molar-refractivity contribution in [3.63, 3.8) is 0 Å². The van der Waals surface area contributed by atoms with Gasteiger partial charge in [-0.05, 0) is 48.4 Å². The predicted molar refractivity (Wildman–Crippen MR) is 110 cm³/mol. The summed E-state index contributed by atoms with van der Waals surface area (Å²) in [6, 6.07) is 14.3. The number of sulfone groups is 1. The number of benzene rings is 2. The van der Waals surface area contributed by atoms with Crippen LogP contribution in [-0.4, -0.2) is 50.5 Å². The molecule has 6 nitrogen and oxygen atoms in total. The molecule has 0 unspecified atom stereocenters. The Labute approximate surface area is 173 Å². The smallest absolute Gasteiger partial charge is 0.261 e. The van der Waals surface area contributed by atoms with Gasteiger partial charge in [-0.3, -0.25) is 4.79 Å². The highest BCUT2D eigenvalue weighted by molar-refractivity contribution is 9.10. The van der Waals surface area contributed by atoms with Crippen LogP contribution in [0.15, 0.2) is 53.0 Å². The van der Waals surface area contributed by atoms with Gasteiger partial charge in [0.05, 0.1) is 18.6 Å². The minimum Gasteiger partial charge on any atom is -0.497 e. The molecule has 1 saturated heterocycles. The molecule has 1 atom stereocenters. The Bertz CT molecular complexity index is 930. The van der Waals surface area contributed by atoms with Gasteiger partial charge in [0, 0.05) is 17.1 Å². The number of amides is 1. The van der Waals surface area contributed by atoms with Crippen molar-refractivity contribution >= 4 is 31.7 Å². The second-order valence-electron chi connectivity index (χ2n) is 6.67. The maximum Gasteiger partial charge on any atom is 0.261 e. The number of methoxy groups -OCH3 is 1. The summed E-state index contributed by atoms with van der Waals surface area (Å²) in [6.45, 7) is 0.182. The number of carbonyl (C=O) groups is 1. The van der Waals surface area contributed by atoms with Crippen molar-refractivity contribution in [2.45, 2.75) is 19.0 Å². The van der Waals surface area contributed by atoms with Crippen molar-refractivity contribution in [3.05, 3.63) is 58.6 Å². The van der Waals surface area contributed by atoms with E-state index < -0.39 is 9.84 Å². The molecular formula is C20H22BrNO5S. The molecule has 28 heavy (non-hydrogen) atoms. The summed E-state index contributed by atoms with van der Waals surface area (Å²) in [6.07, 6.45) is 0.449. The first-order valence-corrected chi connectivity index (χ1v) is 11.5. The first-order valence-electron chi connectivity index (χ1n) is 8.87. The highest BCUT2D eigenvalue weighted by atomic mass is 79.9. The third-order valence-electron chi connectivity index (χ3n) is 4.63. The average Bonchev–Trinajstić information content (AvgIpc) is 3.04. The first-order chi connectivity index (χ1) is 13.4. The van der Waals surface area contributed by atoms with Crippen molar-refractivity contribution in [2.24, 2.45) is 0 Å².